The highest BCUT2D eigenvalue weighted by molar-refractivity contribution is 9.10. The number of aliphatic hydroxyl groups is 1. The second kappa shape index (κ2) is 5.44. The molecule has 0 saturated carbocycles. The Balaban J connectivity index is 2.83. The topological polar surface area (TPSA) is 66.8 Å². The molecular formula is C10H9BrCl2O4. The minimum absolute atomic E-state index is 0.210. The van der Waals surface area contributed by atoms with Crippen molar-refractivity contribution in [2.24, 2.45) is 0 Å². The van der Waals surface area contributed by atoms with Crippen LogP contribution in [-0.4, -0.2) is 28.4 Å². The first-order chi connectivity index (χ1) is 7.74. The van der Waals surface area contributed by atoms with E-state index in [4.69, 9.17) is 33.0 Å². The summed E-state index contributed by atoms with van der Waals surface area (Å²) >= 11 is 14.9. The fraction of sp³-hybridized carbons (Fsp3) is 0.300. The van der Waals surface area contributed by atoms with E-state index in [1.54, 1.807) is 0 Å². The van der Waals surface area contributed by atoms with Crippen molar-refractivity contribution in [3.8, 4) is 5.75 Å². The summed E-state index contributed by atoms with van der Waals surface area (Å²) in [4.78, 5) is 10.7. The third-order valence-corrected chi connectivity index (χ3v) is 3.44. The van der Waals surface area contributed by atoms with Gasteiger partial charge in [0.25, 0.3) is 0 Å². The zero-order chi connectivity index (χ0) is 13.2. The molecule has 0 amide bonds. The lowest BCUT2D eigenvalue weighted by molar-refractivity contribution is -0.159. The molecule has 94 valence electrons. The first kappa shape index (κ1) is 14.6. The van der Waals surface area contributed by atoms with E-state index in [1.807, 2.05) is 0 Å². The summed E-state index contributed by atoms with van der Waals surface area (Å²) in [6.45, 7) is 0.698. The molecule has 1 aromatic rings. The van der Waals surface area contributed by atoms with E-state index >= 15 is 0 Å². The Hall–Kier alpha value is -0.490. The Bertz CT molecular complexity index is 448. The smallest absolute Gasteiger partial charge is 0.339 e. The van der Waals surface area contributed by atoms with Crippen molar-refractivity contribution in [3.63, 3.8) is 0 Å². The van der Waals surface area contributed by atoms with Gasteiger partial charge in [0.1, 0.15) is 12.4 Å². The summed E-state index contributed by atoms with van der Waals surface area (Å²) in [5.74, 6) is -1.17. The molecule has 1 aromatic carbocycles. The van der Waals surface area contributed by atoms with Crippen LogP contribution in [0, 0.1) is 0 Å². The normalized spacial score (nSPS) is 14.2. The molecule has 0 radical (unpaired) electrons. The first-order valence-electron chi connectivity index (χ1n) is 4.47. The molecule has 1 atom stereocenters. The van der Waals surface area contributed by atoms with Crippen LogP contribution in [0.5, 0.6) is 5.75 Å². The molecule has 0 aliphatic heterocycles. The number of halogens is 3. The Morgan fingerprint density at radius 2 is 2.06 bits per heavy atom. The molecule has 7 heteroatoms. The predicted molar refractivity (Wildman–Crippen MR) is 67.9 cm³/mol. The van der Waals surface area contributed by atoms with Crippen molar-refractivity contribution >= 4 is 45.1 Å². The van der Waals surface area contributed by atoms with E-state index in [1.165, 1.54) is 12.1 Å². The second-order valence-electron chi connectivity index (χ2n) is 3.56. The molecule has 0 spiro atoms. The van der Waals surface area contributed by atoms with Crippen molar-refractivity contribution in [2.75, 3.05) is 6.61 Å². The number of ether oxygens (including phenoxy) is 1. The van der Waals surface area contributed by atoms with Gasteiger partial charge in [0.05, 0.1) is 10.0 Å². The molecule has 0 bridgehead atoms. The van der Waals surface area contributed by atoms with Crippen LogP contribution in [-0.2, 0) is 4.79 Å². The minimum Gasteiger partial charge on any atom is -0.488 e. The summed E-state index contributed by atoms with van der Waals surface area (Å²) in [6, 6.07) is 2.96. The number of rotatable bonds is 4. The van der Waals surface area contributed by atoms with E-state index in [9.17, 15) is 9.90 Å². The lowest BCUT2D eigenvalue weighted by Crippen LogP contribution is -2.41. The van der Waals surface area contributed by atoms with E-state index < -0.39 is 18.2 Å². The third-order valence-electron chi connectivity index (χ3n) is 1.94. The van der Waals surface area contributed by atoms with Gasteiger partial charge in [-0.2, -0.15) is 0 Å². The van der Waals surface area contributed by atoms with Gasteiger partial charge < -0.3 is 14.9 Å². The van der Waals surface area contributed by atoms with Gasteiger partial charge in [-0.05, 0) is 28.9 Å². The van der Waals surface area contributed by atoms with Gasteiger partial charge in [-0.15, -0.1) is 0 Å². The van der Waals surface area contributed by atoms with Crippen molar-refractivity contribution in [1.82, 2.24) is 0 Å². The van der Waals surface area contributed by atoms with Gasteiger partial charge in [0.2, 0.25) is 0 Å². The van der Waals surface area contributed by atoms with Gasteiger partial charge in [-0.25, -0.2) is 4.79 Å². The van der Waals surface area contributed by atoms with Crippen LogP contribution < -0.4 is 4.74 Å². The quantitative estimate of drug-likeness (QED) is 0.825. The molecule has 0 heterocycles. The minimum atomic E-state index is -1.98. The van der Waals surface area contributed by atoms with Crippen molar-refractivity contribution in [1.29, 1.82) is 0 Å². The molecule has 0 aliphatic rings. The van der Waals surface area contributed by atoms with E-state index in [2.05, 4.69) is 15.9 Å². The highest BCUT2D eigenvalue weighted by Crippen LogP contribution is 2.34. The lowest BCUT2D eigenvalue weighted by Gasteiger charge is -2.19. The van der Waals surface area contributed by atoms with Crippen LogP contribution in [0.1, 0.15) is 6.92 Å². The number of carbonyl (C=O) groups is 1. The zero-order valence-electron chi connectivity index (χ0n) is 8.71. The largest absolute Gasteiger partial charge is 0.488 e. The number of hydrogen-bond donors (Lipinski definition) is 2. The first-order valence-corrected chi connectivity index (χ1v) is 6.02. The molecule has 1 unspecified atom stereocenters. The van der Waals surface area contributed by atoms with E-state index in [0.29, 0.717) is 9.50 Å². The predicted octanol–water partition coefficient (Wildman–Crippen LogP) is 2.97. The molecule has 0 fully saturated rings. The van der Waals surface area contributed by atoms with Gasteiger partial charge in [-0.1, -0.05) is 23.2 Å². The number of hydrogen-bond acceptors (Lipinski definition) is 3. The summed E-state index contributed by atoms with van der Waals surface area (Å²) in [5.41, 5.74) is -1.98. The van der Waals surface area contributed by atoms with Crippen LogP contribution in [0.25, 0.3) is 0 Å². The molecule has 2 N–H and O–H groups in total. The van der Waals surface area contributed by atoms with E-state index in [-0.39, 0.29) is 10.8 Å². The molecule has 0 saturated heterocycles. The van der Waals surface area contributed by atoms with Crippen LogP contribution >= 0.6 is 39.1 Å². The van der Waals surface area contributed by atoms with E-state index in [0.717, 1.165) is 6.92 Å². The second-order valence-corrected chi connectivity index (χ2v) is 5.23. The number of aliphatic carboxylic acids is 1. The van der Waals surface area contributed by atoms with Crippen molar-refractivity contribution < 1.29 is 19.7 Å². The Kier molecular flexibility index (Phi) is 4.66. The molecule has 4 nitrogen and oxygen atoms in total. The Morgan fingerprint density at radius 1 is 1.47 bits per heavy atom. The average molecular weight is 344 g/mol. The summed E-state index contributed by atoms with van der Waals surface area (Å²) in [6.07, 6.45) is 0. The van der Waals surface area contributed by atoms with Crippen LogP contribution in [0.4, 0.5) is 0 Å². The van der Waals surface area contributed by atoms with Crippen LogP contribution in [0.15, 0.2) is 16.6 Å². The van der Waals surface area contributed by atoms with Gasteiger partial charge >= 0.3 is 5.97 Å². The highest BCUT2D eigenvalue weighted by atomic mass is 79.9. The zero-order valence-corrected chi connectivity index (χ0v) is 11.8. The highest BCUT2D eigenvalue weighted by Gasteiger charge is 2.31. The molecule has 0 aromatic heterocycles. The summed E-state index contributed by atoms with van der Waals surface area (Å²) < 4.78 is 5.73. The summed E-state index contributed by atoms with van der Waals surface area (Å²) in [5, 5.41) is 18.8. The van der Waals surface area contributed by atoms with Crippen molar-refractivity contribution in [2.45, 2.75) is 12.5 Å². The number of benzene rings is 1. The SMILES string of the molecule is CC(O)(COc1cc(Cl)c(Br)cc1Cl)C(=O)O. The summed E-state index contributed by atoms with van der Waals surface area (Å²) in [7, 11) is 0. The Morgan fingerprint density at radius 3 is 2.59 bits per heavy atom. The Labute approximate surface area is 116 Å². The standard InChI is InChI=1S/C10H9BrCl2O4/c1-10(16,9(14)15)4-17-8-3-6(12)5(11)2-7(8)13/h2-3,16H,4H2,1H3,(H,14,15). The maximum Gasteiger partial charge on any atom is 0.339 e. The van der Waals surface area contributed by atoms with Gasteiger partial charge in [-0.3, -0.25) is 0 Å². The fourth-order valence-electron chi connectivity index (χ4n) is 0.895. The molecular weight excluding hydrogens is 335 g/mol. The van der Waals surface area contributed by atoms with Gasteiger partial charge in [0, 0.05) is 10.5 Å². The molecule has 1 rings (SSSR count). The maximum atomic E-state index is 10.7. The maximum absolute atomic E-state index is 10.7. The fourth-order valence-corrected chi connectivity index (χ4v) is 1.74. The monoisotopic (exact) mass is 342 g/mol. The number of carboxylic acid groups (broad SMARTS) is 1. The average Bonchev–Trinajstić information content (AvgIpc) is 2.21. The van der Waals surface area contributed by atoms with Gasteiger partial charge in [0.15, 0.2) is 5.60 Å². The van der Waals surface area contributed by atoms with Crippen molar-refractivity contribution in [3.05, 3.63) is 26.7 Å². The number of carboxylic acids is 1. The van der Waals surface area contributed by atoms with Crippen LogP contribution in [0.3, 0.4) is 0 Å². The lowest BCUT2D eigenvalue weighted by atomic mass is 10.1. The third kappa shape index (κ3) is 3.74. The molecule has 0 aliphatic carbocycles. The molecule has 17 heavy (non-hydrogen) atoms. The van der Waals surface area contributed by atoms with Crippen LogP contribution in [0.2, 0.25) is 10.0 Å².